The lowest BCUT2D eigenvalue weighted by atomic mass is 9.98. The molecule has 0 spiro atoms. The van der Waals surface area contributed by atoms with Crippen LogP contribution in [0.5, 0.6) is 0 Å². The molecule has 0 atom stereocenters. The Morgan fingerprint density at radius 3 is 2.12 bits per heavy atom. The molecule has 0 saturated heterocycles. The molecule has 4 nitrogen and oxygen atoms in total. The predicted octanol–water partition coefficient (Wildman–Crippen LogP) is 5.22. The van der Waals surface area contributed by atoms with Crippen molar-refractivity contribution in [2.24, 2.45) is 0 Å². The monoisotopic (exact) mass is 339 g/mol. The average Bonchev–Trinajstić information content (AvgIpc) is 3.12. The van der Waals surface area contributed by atoms with Gasteiger partial charge in [0.15, 0.2) is 0 Å². The molecule has 0 aromatic carbocycles. The molecule has 1 aromatic rings. The molecule has 0 radical (unpaired) electrons. The smallest absolute Gasteiger partial charge is 0.0958 e. The van der Waals surface area contributed by atoms with E-state index >= 15 is 0 Å². The van der Waals surface area contributed by atoms with E-state index in [1.165, 1.54) is 0 Å². The van der Waals surface area contributed by atoms with E-state index in [0.29, 0.717) is 0 Å². The first-order valence-electron chi connectivity index (χ1n) is 9.08. The SMILES string of the molecule is C/C=C\C.CC.CC.CN/C=C/c1cn(C(C)(C)CCCO)cn1. The first-order chi connectivity index (χ1) is 11.5. The van der Waals surface area contributed by atoms with Gasteiger partial charge in [-0.1, -0.05) is 39.8 Å². The second-order valence-corrected chi connectivity index (χ2v) is 5.13. The largest absolute Gasteiger partial charge is 0.396 e. The normalized spacial score (nSPS) is 10.2. The fourth-order valence-corrected chi connectivity index (χ4v) is 1.56. The number of aromatic nitrogens is 2. The zero-order chi connectivity index (χ0) is 19.4. The Hall–Kier alpha value is -1.55. The molecule has 0 fully saturated rings. The lowest BCUT2D eigenvalue weighted by Gasteiger charge is -2.26. The number of aliphatic hydroxyl groups excluding tert-OH is 1. The van der Waals surface area contributed by atoms with Crippen LogP contribution in [0, 0.1) is 0 Å². The van der Waals surface area contributed by atoms with Crippen molar-refractivity contribution in [3.8, 4) is 0 Å². The third-order valence-corrected chi connectivity index (χ3v) is 3.00. The average molecular weight is 340 g/mol. The maximum atomic E-state index is 8.85. The maximum Gasteiger partial charge on any atom is 0.0958 e. The van der Waals surface area contributed by atoms with Gasteiger partial charge in [-0.2, -0.15) is 0 Å². The van der Waals surface area contributed by atoms with E-state index in [9.17, 15) is 0 Å². The summed E-state index contributed by atoms with van der Waals surface area (Å²) in [5.74, 6) is 0. The second kappa shape index (κ2) is 19.5. The van der Waals surface area contributed by atoms with Crippen LogP contribution in [0.4, 0.5) is 0 Å². The van der Waals surface area contributed by atoms with Gasteiger partial charge in [0.1, 0.15) is 0 Å². The number of allylic oxidation sites excluding steroid dienone is 2. The van der Waals surface area contributed by atoms with E-state index in [2.05, 4.69) is 28.7 Å². The molecule has 4 heteroatoms. The van der Waals surface area contributed by atoms with E-state index in [1.807, 2.05) is 85.5 Å². The van der Waals surface area contributed by atoms with E-state index in [1.54, 1.807) is 0 Å². The van der Waals surface area contributed by atoms with Gasteiger partial charge in [-0.3, -0.25) is 0 Å². The summed E-state index contributed by atoms with van der Waals surface area (Å²) in [5.41, 5.74) is 0.938. The van der Waals surface area contributed by atoms with E-state index < -0.39 is 0 Å². The highest BCUT2D eigenvalue weighted by molar-refractivity contribution is 5.42. The number of aliphatic hydroxyl groups is 1. The van der Waals surface area contributed by atoms with Gasteiger partial charge in [0, 0.05) is 25.4 Å². The molecule has 1 aromatic heterocycles. The van der Waals surface area contributed by atoms with Crippen LogP contribution in [0.15, 0.2) is 30.9 Å². The summed E-state index contributed by atoms with van der Waals surface area (Å²) in [5, 5.41) is 11.8. The molecule has 0 aliphatic rings. The minimum absolute atomic E-state index is 0.00145. The highest BCUT2D eigenvalue weighted by Crippen LogP contribution is 2.21. The van der Waals surface area contributed by atoms with Crippen molar-refractivity contribution < 1.29 is 5.11 Å². The number of nitrogens with one attached hydrogen (secondary N) is 1. The topological polar surface area (TPSA) is 50.1 Å². The molecule has 2 N–H and O–H groups in total. The molecule has 1 rings (SSSR count). The third kappa shape index (κ3) is 14.1. The third-order valence-electron chi connectivity index (χ3n) is 3.00. The summed E-state index contributed by atoms with van der Waals surface area (Å²) in [6.07, 6.45) is 13.4. The van der Waals surface area contributed by atoms with Gasteiger partial charge in [-0.25, -0.2) is 4.98 Å². The van der Waals surface area contributed by atoms with Crippen LogP contribution in [0.1, 0.15) is 73.9 Å². The highest BCUT2D eigenvalue weighted by atomic mass is 16.2. The quantitative estimate of drug-likeness (QED) is 0.699. The molecule has 1 heterocycles. The van der Waals surface area contributed by atoms with E-state index in [0.717, 1.165) is 18.5 Å². The Bertz CT molecular complexity index is 403. The first-order valence-corrected chi connectivity index (χ1v) is 9.08. The van der Waals surface area contributed by atoms with Gasteiger partial charge in [0.25, 0.3) is 0 Å². The zero-order valence-corrected chi connectivity index (χ0v) is 17.4. The second-order valence-electron chi connectivity index (χ2n) is 5.13. The zero-order valence-electron chi connectivity index (χ0n) is 17.4. The number of rotatable bonds is 6. The van der Waals surface area contributed by atoms with Crippen LogP contribution in [0.2, 0.25) is 0 Å². The summed E-state index contributed by atoms with van der Waals surface area (Å²) >= 11 is 0. The lowest BCUT2D eigenvalue weighted by molar-refractivity contribution is 0.241. The highest BCUT2D eigenvalue weighted by Gasteiger charge is 2.19. The number of nitrogens with zero attached hydrogens (tertiary/aromatic N) is 2. The van der Waals surface area contributed by atoms with E-state index in [4.69, 9.17) is 5.11 Å². The maximum absolute atomic E-state index is 8.85. The molecule has 24 heavy (non-hydrogen) atoms. The first kappa shape index (κ1) is 27.3. The van der Waals surface area contributed by atoms with Gasteiger partial charge in [0.2, 0.25) is 0 Å². The van der Waals surface area contributed by atoms with Crippen molar-refractivity contribution in [2.45, 2.75) is 73.8 Å². The lowest BCUT2D eigenvalue weighted by Crippen LogP contribution is -2.25. The minimum atomic E-state index is 0.00145. The van der Waals surface area contributed by atoms with Crippen molar-refractivity contribution >= 4 is 6.08 Å². The van der Waals surface area contributed by atoms with Crippen molar-refractivity contribution in [1.82, 2.24) is 14.9 Å². The Morgan fingerprint density at radius 2 is 1.71 bits per heavy atom. The fraction of sp³-hybridized carbons (Fsp3) is 0.650. The molecule has 0 aliphatic carbocycles. The summed E-state index contributed by atoms with van der Waals surface area (Å²) in [6.45, 7) is 16.5. The van der Waals surface area contributed by atoms with Crippen molar-refractivity contribution in [1.29, 1.82) is 0 Å². The van der Waals surface area contributed by atoms with Crippen LogP contribution < -0.4 is 5.32 Å². The standard InChI is InChI=1S/C12H21N3O.C4H8.2C2H6/c1-12(2,6-4-8-16)15-9-11(14-10-15)5-7-13-3;1-3-4-2;2*1-2/h5,7,9-10,13,16H,4,6,8H2,1-3H3;3-4H,1-2H3;2*1-2H3/b7-5+;4-3-;;. The summed E-state index contributed by atoms with van der Waals surface area (Å²) in [7, 11) is 1.86. The van der Waals surface area contributed by atoms with Crippen LogP contribution in [-0.4, -0.2) is 28.3 Å². The van der Waals surface area contributed by atoms with Gasteiger partial charge >= 0.3 is 0 Å². The molecule has 0 unspecified atom stereocenters. The van der Waals surface area contributed by atoms with Crippen molar-refractivity contribution in [3.05, 3.63) is 36.6 Å². The van der Waals surface area contributed by atoms with Crippen LogP contribution >= 0.6 is 0 Å². The van der Waals surface area contributed by atoms with Gasteiger partial charge < -0.3 is 15.0 Å². The Kier molecular flexibility index (Phi) is 22.2. The Labute approximate surface area is 150 Å². The van der Waals surface area contributed by atoms with E-state index in [-0.39, 0.29) is 12.1 Å². The summed E-state index contributed by atoms with van der Waals surface area (Å²) < 4.78 is 2.10. The van der Waals surface area contributed by atoms with Crippen LogP contribution in [-0.2, 0) is 5.54 Å². The Morgan fingerprint density at radius 1 is 1.17 bits per heavy atom. The Balaban J connectivity index is -0.000000471. The molecule has 0 amide bonds. The van der Waals surface area contributed by atoms with Crippen molar-refractivity contribution in [2.75, 3.05) is 13.7 Å². The van der Waals surface area contributed by atoms with Gasteiger partial charge in [0.05, 0.1) is 12.0 Å². The van der Waals surface area contributed by atoms with Gasteiger partial charge in [-0.05, 0) is 52.8 Å². The molecule has 0 aliphatic heterocycles. The molecule has 0 saturated carbocycles. The fourth-order valence-electron chi connectivity index (χ4n) is 1.56. The minimum Gasteiger partial charge on any atom is -0.396 e. The number of hydrogen-bond donors (Lipinski definition) is 2. The van der Waals surface area contributed by atoms with Crippen LogP contribution in [0.3, 0.4) is 0 Å². The molecular weight excluding hydrogens is 298 g/mol. The molecular formula is C20H41N3O. The van der Waals surface area contributed by atoms with Gasteiger partial charge in [-0.15, -0.1) is 0 Å². The summed E-state index contributed by atoms with van der Waals surface area (Å²) in [4.78, 5) is 4.30. The molecule has 0 bridgehead atoms. The predicted molar refractivity (Wildman–Crippen MR) is 109 cm³/mol. The van der Waals surface area contributed by atoms with Crippen molar-refractivity contribution in [3.63, 3.8) is 0 Å². The number of imidazole rings is 1. The molecule has 142 valence electrons. The summed E-state index contributed by atoms with van der Waals surface area (Å²) in [6, 6.07) is 0. The van der Waals surface area contributed by atoms with Crippen LogP contribution in [0.25, 0.3) is 6.08 Å². The number of hydrogen-bond acceptors (Lipinski definition) is 3.